The summed E-state index contributed by atoms with van der Waals surface area (Å²) in [4.78, 5) is 24.2. The molecule has 104 valence electrons. The predicted molar refractivity (Wildman–Crippen MR) is 73.7 cm³/mol. The van der Waals surface area contributed by atoms with E-state index in [4.69, 9.17) is 0 Å². The summed E-state index contributed by atoms with van der Waals surface area (Å²) >= 11 is 0. The van der Waals surface area contributed by atoms with Gasteiger partial charge in [-0.1, -0.05) is 6.07 Å². The van der Waals surface area contributed by atoms with Gasteiger partial charge in [0, 0.05) is 43.4 Å². The largest absolute Gasteiger partial charge is 0.333 e. The number of rotatable bonds is 2. The Hall–Kier alpha value is -1.66. The lowest BCUT2D eigenvalue weighted by Gasteiger charge is -2.34. The second kappa shape index (κ2) is 6.49. The molecule has 1 aromatic carbocycles. The highest BCUT2D eigenvalue weighted by atomic mass is 35.5. The molecule has 19 heavy (non-hydrogen) atoms. The van der Waals surface area contributed by atoms with E-state index in [0.29, 0.717) is 12.1 Å². The monoisotopic (exact) mass is 285 g/mol. The molecule has 1 saturated heterocycles. The molecule has 0 radical (unpaired) electrons. The van der Waals surface area contributed by atoms with Gasteiger partial charge in [-0.05, 0) is 13.0 Å². The van der Waals surface area contributed by atoms with Crippen molar-refractivity contribution >= 4 is 24.0 Å². The number of carbonyl (C=O) groups is 1. The number of nitro groups is 1. The van der Waals surface area contributed by atoms with Gasteiger partial charge in [0.15, 0.2) is 0 Å². The van der Waals surface area contributed by atoms with Gasteiger partial charge in [0.25, 0.3) is 11.6 Å². The van der Waals surface area contributed by atoms with Crippen molar-refractivity contribution in [2.24, 2.45) is 0 Å². The standard InChI is InChI=1S/C12H15N3O3.ClH/c1-9-8-13-5-6-14(9)12(16)10-3-2-4-11(7-10)15(17)18;/h2-4,7,9,13H,5-6,8H2,1H3;1H/t9-;/m0./s1. The zero-order chi connectivity index (χ0) is 13.1. The van der Waals surface area contributed by atoms with Crippen LogP contribution < -0.4 is 5.32 Å². The number of hydrogen-bond acceptors (Lipinski definition) is 4. The molecule has 0 aromatic heterocycles. The summed E-state index contributed by atoms with van der Waals surface area (Å²) in [6.45, 7) is 4.09. The maximum atomic E-state index is 12.3. The second-order valence-electron chi connectivity index (χ2n) is 4.36. The van der Waals surface area contributed by atoms with Gasteiger partial charge < -0.3 is 10.2 Å². The van der Waals surface area contributed by atoms with Crippen molar-refractivity contribution in [2.45, 2.75) is 13.0 Å². The second-order valence-corrected chi connectivity index (χ2v) is 4.36. The number of amides is 1. The summed E-state index contributed by atoms with van der Waals surface area (Å²) < 4.78 is 0. The van der Waals surface area contributed by atoms with Crippen molar-refractivity contribution < 1.29 is 9.72 Å². The van der Waals surface area contributed by atoms with Crippen LogP contribution in [0, 0.1) is 10.1 Å². The first-order chi connectivity index (χ1) is 8.59. The lowest BCUT2D eigenvalue weighted by atomic mass is 10.1. The van der Waals surface area contributed by atoms with Crippen molar-refractivity contribution in [3.8, 4) is 0 Å². The molecule has 0 spiro atoms. The van der Waals surface area contributed by atoms with E-state index < -0.39 is 4.92 Å². The third-order valence-electron chi connectivity index (χ3n) is 3.07. The van der Waals surface area contributed by atoms with Crippen molar-refractivity contribution in [1.82, 2.24) is 10.2 Å². The Morgan fingerprint density at radius 1 is 1.53 bits per heavy atom. The Balaban J connectivity index is 0.00000180. The average Bonchev–Trinajstić information content (AvgIpc) is 2.38. The van der Waals surface area contributed by atoms with E-state index in [1.807, 2.05) is 6.92 Å². The van der Waals surface area contributed by atoms with Crippen LogP contribution in [0.2, 0.25) is 0 Å². The number of nitrogens with one attached hydrogen (secondary N) is 1. The van der Waals surface area contributed by atoms with Gasteiger partial charge in [0.1, 0.15) is 0 Å². The van der Waals surface area contributed by atoms with Gasteiger partial charge in [0.05, 0.1) is 4.92 Å². The number of piperazine rings is 1. The molecule has 7 heteroatoms. The van der Waals surface area contributed by atoms with Crippen LogP contribution in [0.3, 0.4) is 0 Å². The maximum Gasteiger partial charge on any atom is 0.270 e. The summed E-state index contributed by atoms with van der Waals surface area (Å²) in [7, 11) is 0. The Kier molecular flexibility index (Phi) is 5.26. The van der Waals surface area contributed by atoms with Crippen LogP contribution in [0.4, 0.5) is 5.69 Å². The number of nitro benzene ring substituents is 1. The molecule has 0 unspecified atom stereocenters. The third kappa shape index (κ3) is 3.42. The molecular weight excluding hydrogens is 270 g/mol. The molecule has 1 aliphatic rings. The first-order valence-electron chi connectivity index (χ1n) is 5.85. The number of hydrogen-bond donors (Lipinski definition) is 1. The molecule has 6 nitrogen and oxygen atoms in total. The molecule has 1 N–H and O–H groups in total. The van der Waals surface area contributed by atoms with Gasteiger partial charge in [-0.3, -0.25) is 14.9 Å². The normalized spacial score (nSPS) is 18.6. The molecule has 1 aliphatic heterocycles. The highest BCUT2D eigenvalue weighted by Crippen LogP contribution is 2.16. The Morgan fingerprint density at radius 3 is 2.89 bits per heavy atom. The van der Waals surface area contributed by atoms with Crippen molar-refractivity contribution in [2.75, 3.05) is 19.6 Å². The molecule has 0 bridgehead atoms. The molecule has 1 heterocycles. The lowest BCUT2D eigenvalue weighted by molar-refractivity contribution is -0.384. The summed E-state index contributed by atoms with van der Waals surface area (Å²) in [6.07, 6.45) is 0. The van der Waals surface area contributed by atoms with Crippen LogP contribution in [0.5, 0.6) is 0 Å². The zero-order valence-electron chi connectivity index (χ0n) is 10.5. The van der Waals surface area contributed by atoms with E-state index in [2.05, 4.69) is 5.32 Å². The number of nitrogens with zero attached hydrogens (tertiary/aromatic N) is 2. The van der Waals surface area contributed by atoms with Crippen molar-refractivity contribution in [3.63, 3.8) is 0 Å². The van der Waals surface area contributed by atoms with E-state index >= 15 is 0 Å². The van der Waals surface area contributed by atoms with Crippen molar-refractivity contribution in [1.29, 1.82) is 0 Å². The topological polar surface area (TPSA) is 75.5 Å². The molecule has 1 aromatic rings. The number of carbonyl (C=O) groups excluding carboxylic acids is 1. The fourth-order valence-corrected chi connectivity index (χ4v) is 2.06. The summed E-state index contributed by atoms with van der Waals surface area (Å²) in [5.74, 6) is -0.146. The SMILES string of the molecule is C[C@H]1CNCCN1C(=O)c1cccc([N+](=O)[O-])c1.Cl. The van der Waals surface area contributed by atoms with Crippen molar-refractivity contribution in [3.05, 3.63) is 39.9 Å². The molecular formula is C12H16ClN3O3. The number of halogens is 1. The van der Waals surface area contributed by atoms with Crippen LogP contribution in [-0.4, -0.2) is 41.4 Å². The van der Waals surface area contributed by atoms with Crippen LogP contribution in [0.25, 0.3) is 0 Å². The summed E-state index contributed by atoms with van der Waals surface area (Å²) in [6, 6.07) is 5.97. The van der Waals surface area contributed by atoms with Gasteiger partial charge in [-0.15, -0.1) is 12.4 Å². The average molecular weight is 286 g/mol. The first kappa shape index (κ1) is 15.4. The van der Waals surface area contributed by atoms with E-state index in [9.17, 15) is 14.9 Å². The predicted octanol–water partition coefficient (Wildman–Crippen LogP) is 1.45. The van der Waals surface area contributed by atoms with Crippen LogP contribution in [-0.2, 0) is 0 Å². The maximum absolute atomic E-state index is 12.3. The van der Waals surface area contributed by atoms with Gasteiger partial charge >= 0.3 is 0 Å². The summed E-state index contributed by atoms with van der Waals surface area (Å²) in [5, 5.41) is 13.9. The number of benzene rings is 1. The highest BCUT2D eigenvalue weighted by Gasteiger charge is 2.24. The minimum atomic E-state index is -0.488. The third-order valence-corrected chi connectivity index (χ3v) is 3.07. The van der Waals surface area contributed by atoms with Gasteiger partial charge in [0.2, 0.25) is 0 Å². The van der Waals surface area contributed by atoms with Gasteiger partial charge in [-0.2, -0.15) is 0 Å². The number of non-ortho nitro benzene ring substituents is 1. The molecule has 1 amide bonds. The van der Waals surface area contributed by atoms with Crippen LogP contribution in [0.15, 0.2) is 24.3 Å². The lowest BCUT2D eigenvalue weighted by Crippen LogP contribution is -2.52. The first-order valence-corrected chi connectivity index (χ1v) is 5.85. The Labute approximate surface area is 117 Å². The van der Waals surface area contributed by atoms with Crippen LogP contribution >= 0.6 is 12.4 Å². The molecule has 0 saturated carbocycles. The molecule has 2 rings (SSSR count). The Bertz CT molecular complexity index is 481. The zero-order valence-corrected chi connectivity index (χ0v) is 11.4. The smallest absolute Gasteiger partial charge is 0.270 e. The van der Waals surface area contributed by atoms with Gasteiger partial charge in [-0.25, -0.2) is 0 Å². The molecule has 1 fully saturated rings. The Morgan fingerprint density at radius 2 is 2.26 bits per heavy atom. The minimum Gasteiger partial charge on any atom is -0.333 e. The molecule has 0 aliphatic carbocycles. The fourth-order valence-electron chi connectivity index (χ4n) is 2.06. The minimum absolute atomic E-state index is 0. The highest BCUT2D eigenvalue weighted by molar-refractivity contribution is 5.95. The molecule has 1 atom stereocenters. The van der Waals surface area contributed by atoms with Crippen LogP contribution in [0.1, 0.15) is 17.3 Å². The van der Waals surface area contributed by atoms with E-state index in [0.717, 1.165) is 13.1 Å². The fraction of sp³-hybridized carbons (Fsp3) is 0.417. The van der Waals surface area contributed by atoms with E-state index in [1.165, 1.54) is 18.2 Å². The van der Waals surface area contributed by atoms with E-state index in [-0.39, 0.29) is 30.0 Å². The summed E-state index contributed by atoms with van der Waals surface area (Å²) in [5.41, 5.74) is 0.321. The quantitative estimate of drug-likeness (QED) is 0.659. The van der Waals surface area contributed by atoms with E-state index in [1.54, 1.807) is 11.0 Å².